The molecular weight excluding hydrogens is 188 g/mol. The molecule has 1 aliphatic heterocycles. The fourth-order valence-corrected chi connectivity index (χ4v) is 2.17. The van der Waals surface area contributed by atoms with Crippen molar-refractivity contribution >= 4 is 11.0 Å². The molecule has 3 nitrogen and oxygen atoms in total. The van der Waals surface area contributed by atoms with Crippen molar-refractivity contribution in [2.45, 2.75) is 25.3 Å². The minimum absolute atomic E-state index is 0.395. The first-order chi connectivity index (χ1) is 7.43. The van der Waals surface area contributed by atoms with Crippen molar-refractivity contribution in [3.8, 4) is 0 Å². The van der Waals surface area contributed by atoms with Crippen molar-refractivity contribution in [1.82, 2.24) is 10.3 Å². The van der Waals surface area contributed by atoms with Gasteiger partial charge in [-0.25, -0.2) is 0 Å². The zero-order valence-corrected chi connectivity index (χ0v) is 8.57. The second-order valence-corrected chi connectivity index (χ2v) is 4.06. The molecule has 3 heterocycles. The van der Waals surface area contributed by atoms with Crippen LogP contribution in [0.15, 0.2) is 28.9 Å². The van der Waals surface area contributed by atoms with Crippen LogP contribution in [0.25, 0.3) is 11.0 Å². The summed E-state index contributed by atoms with van der Waals surface area (Å²) in [5, 5.41) is 4.58. The standard InChI is InChI=1S/C12H14N2O/c1-2-5-14-10(3-1)12-7-9-8-13-6-4-11(9)15-12/h4,6-8,10,14H,1-3,5H2. The second kappa shape index (κ2) is 3.66. The molecule has 0 bridgehead atoms. The Bertz CT molecular complexity index is 424. The molecule has 0 aliphatic carbocycles. The summed E-state index contributed by atoms with van der Waals surface area (Å²) in [6, 6.07) is 4.42. The van der Waals surface area contributed by atoms with E-state index in [1.807, 2.05) is 12.3 Å². The number of hydrogen-bond donors (Lipinski definition) is 1. The molecule has 15 heavy (non-hydrogen) atoms. The lowest BCUT2D eigenvalue weighted by Crippen LogP contribution is -2.26. The van der Waals surface area contributed by atoms with Gasteiger partial charge in [0.15, 0.2) is 0 Å². The molecule has 3 rings (SSSR count). The van der Waals surface area contributed by atoms with E-state index in [0.29, 0.717) is 6.04 Å². The Balaban J connectivity index is 1.96. The molecule has 0 radical (unpaired) electrons. The molecule has 0 amide bonds. The number of rotatable bonds is 1. The first-order valence-corrected chi connectivity index (χ1v) is 5.50. The van der Waals surface area contributed by atoms with Crippen LogP contribution >= 0.6 is 0 Å². The summed E-state index contributed by atoms with van der Waals surface area (Å²) in [6.07, 6.45) is 7.35. The summed E-state index contributed by atoms with van der Waals surface area (Å²) in [5.41, 5.74) is 0.937. The van der Waals surface area contributed by atoms with E-state index in [1.165, 1.54) is 19.3 Å². The molecule has 2 aromatic heterocycles. The Morgan fingerprint density at radius 1 is 1.40 bits per heavy atom. The molecule has 1 fully saturated rings. The van der Waals surface area contributed by atoms with Gasteiger partial charge in [0.1, 0.15) is 11.3 Å². The number of furan rings is 1. The van der Waals surface area contributed by atoms with E-state index in [0.717, 1.165) is 23.3 Å². The molecule has 0 spiro atoms. The van der Waals surface area contributed by atoms with E-state index in [2.05, 4.69) is 16.4 Å². The van der Waals surface area contributed by atoms with Gasteiger partial charge in [0, 0.05) is 17.8 Å². The van der Waals surface area contributed by atoms with Gasteiger partial charge in [-0.2, -0.15) is 0 Å². The van der Waals surface area contributed by atoms with Crippen LogP contribution in [-0.2, 0) is 0 Å². The molecule has 78 valence electrons. The van der Waals surface area contributed by atoms with Crippen molar-refractivity contribution in [2.75, 3.05) is 6.54 Å². The van der Waals surface area contributed by atoms with E-state index >= 15 is 0 Å². The first kappa shape index (κ1) is 8.92. The fourth-order valence-electron chi connectivity index (χ4n) is 2.17. The molecular formula is C12H14N2O. The average Bonchev–Trinajstić information content (AvgIpc) is 2.74. The largest absolute Gasteiger partial charge is 0.459 e. The molecule has 1 atom stereocenters. The lowest BCUT2D eigenvalue weighted by atomic mass is 10.0. The minimum Gasteiger partial charge on any atom is -0.459 e. The third-order valence-electron chi connectivity index (χ3n) is 2.99. The van der Waals surface area contributed by atoms with Gasteiger partial charge in [-0.3, -0.25) is 4.98 Å². The Morgan fingerprint density at radius 2 is 2.40 bits per heavy atom. The van der Waals surface area contributed by atoms with Gasteiger partial charge in [-0.05, 0) is 31.5 Å². The van der Waals surface area contributed by atoms with Crippen molar-refractivity contribution in [3.63, 3.8) is 0 Å². The summed E-state index contributed by atoms with van der Waals surface area (Å²) < 4.78 is 5.80. The minimum atomic E-state index is 0.395. The summed E-state index contributed by atoms with van der Waals surface area (Å²) in [4.78, 5) is 4.09. The molecule has 0 aromatic carbocycles. The van der Waals surface area contributed by atoms with Gasteiger partial charge in [0.25, 0.3) is 0 Å². The molecule has 1 aliphatic rings. The second-order valence-electron chi connectivity index (χ2n) is 4.06. The summed E-state index contributed by atoms with van der Waals surface area (Å²) in [7, 11) is 0. The third-order valence-corrected chi connectivity index (χ3v) is 2.99. The molecule has 0 saturated carbocycles. The van der Waals surface area contributed by atoms with Crippen LogP contribution in [0, 0.1) is 0 Å². The molecule has 3 heteroatoms. The zero-order valence-electron chi connectivity index (χ0n) is 8.57. The summed E-state index contributed by atoms with van der Waals surface area (Å²) in [5.74, 6) is 1.05. The van der Waals surface area contributed by atoms with Crippen LogP contribution in [0.1, 0.15) is 31.1 Å². The van der Waals surface area contributed by atoms with E-state index in [4.69, 9.17) is 4.42 Å². The average molecular weight is 202 g/mol. The predicted octanol–water partition coefficient (Wildman–Crippen LogP) is 2.64. The highest BCUT2D eigenvalue weighted by Crippen LogP contribution is 2.27. The predicted molar refractivity (Wildman–Crippen MR) is 58.6 cm³/mol. The lowest BCUT2D eigenvalue weighted by molar-refractivity contribution is 0.358. The maximum absolute atomic E-state index is 5.80. The maximum atomic E-state index is 5.80. The fraction of sp³-hybridized carbons (Fsp3) is 0.417. The Kier molecular flexibility index (Phi) is 2.18. The number of pyridine rings is 1. The van der Waals surface area contributed by atoms with Crippen LogP contribution in [0.2, 0.25) is 0 Å². The number of piperidine rings is 1. The van der Waals surface area contributed by atoms with Crippen molar-refractivity contribution in [2.24, 2.45) is 0 Å². The monoisotopic (exact) mass is 202 g/mol. The van der Waals surface area contributed by atoms with E-state index in [1.54, 1.807) is 6.20 Å². The highest BCUT2D eigenvalue weighted by Gasteiger charge is 2.18. The third kappa shape index (κ3) is 1.63. The number of aromatic nitrogens is 1. The molecule has 1 unspecified atom stereocenters. The normalized spacial score (nSPS) is 22.0. The smallest absolute Gasteiger partial charge is 0.137 e. The van der Waals surface area contributed by atoms with Crippen molar-refractivity contribution < 1.29 is 4.42 Å². The number of nitrogens with one attached hydrogen (secondary N) is 1. The highest BCUT2D eigenvalue weighted by molar-refractivity contribution is 5.76. The molecule has 1 N–H and O–H groups in total. The van der Waals surface area contributed by atoms with Gasteiger partial charge in [-0.15, -0.1) is 0 Å². The van der Waals surface area contributed by atoms with Crippen molar-refractivity contribution in [1.29, 1.82) is 0 Å². The quantitative estimate of drug-likeness (QED) is 0.772. The zero-order chi connectivity index (χ0) is 10.1. The topological polar surface area (TPSA) is 38.1 Å². The first-order valence-electron chi connectivity index (χ1n) is 5.50. The summed E-state index contributed by atoms with van der Waals surface area (Å²) in [6.45, 7) is 1.10. The molecule has 2 aromatic rings. The van der Waals surface area contributed by atoms with Gasteiger partial charge in [-0.1, -0.05) is 6.42 Å². The van der Waals surface area contributed by atoms with Gasteiger partial charge in [0.2, 0.25) is 0 Å². The number of hydrogen-bond acceptors (Lipinski definition) is 3. The van der Waals surface area contributed by atoms with E-state index < -0.39 is 0 Å². The van der Waals surface area contributed by atoms with Gasteiger partial charge < -0.3 is 9.73 Å². The highest BCUT2D eigenvalue weighted by atomic mass is 16.3. The maximum Gasteiger partial charge on any atom is 0.137 e. The Labute approximate surface area is 88.5 Å². The van der Waals surface area contributed by atoms with E-state index in [9.17, 15) is 0 Å². The number of fused-ring (bicyclic) bond motifs is 1. The van der Waals surface area contributed by atoms with Crippen molar-refractivity contribution in [3.05, 3.63) is 30.3 Å². The summed E-state index contributed by atoms with van der Waals surface area (Å²) >= 11 is 0. The van der Waals surface area contributed by atoms with E-state index in [-0.39, 0.29) is 0 Å². The SMILES string of the molecule is c1cc2oc(C3CCCCN3)cc2cn1. The van der Waals surface area contributed by atoms with Gasteiger partial charge in [0.05, 0.1) is 6.04 Å². The van der Waals surface area contributed by atoms with Gasteiger partial charge >= 0.3 is 0 Å². The Morgan fingerprint density at radius 3 is 3.20 bits per heavy atom. The van der Waals surface area contributed by atoms with Crippen LogP contribution in [0.3, 0.4) is 0 Å². The van der Waals surface area contributed by atoms with Crippen LogP contribution in [-0.4, -0.2) is 11.5 Å². The van der Waals surface area contributed by atoms with Crippen LogP contribution in [0.4, 0.5) is 0 Å². The lowest BCUT2D eigenvalue weighted by Gasteiger charge is -2.21. The van der Waals surface area contributed by atoms with Crippen LogP contribution < -0.4 is 5.32 Å². The van der Waals surface area contributed by atoms with Crippen LogP contribution in [0.5, 0.6) is 0 Å². The molecule has 1 saturated heterocycles. The Hall–Kier alpha value is -1.35. The number of nitrogens with zero attached hydrogens (tertiary/aromatic N) is 1.